The number of ether oxygens (including phenoxy) is 2. The number of hydrogen-bond acceptors (Lipinski definition) is 4. The van der Waals surface area contributed by atoms with Crippen molar-refractivity contribution in [3.8, 4) is 17.2 Å². The summed E-state index contributed by atoms with van der Waals surface area (Å²) in [7, 11) is 1.63. The van der Waals surface area contributed by atoms with E-state index in [-0.39, 0.29) is 6.54 Å². The largest absolute Gasteiger partial charge is 0.496 e. The van der Waals surface area contributed by atoms with Gasteiger partial charge in [-0.25, -0.2) is 9.18 Å². The number of nitrogens with zero attached hydrogens (tertiary/aromatic N) is 1. The maximum atomic E-state index is 12.1. The molecular formula is C21H22FN3O3. The number of aromatic nitrogens is 1. The zero-order chi connectivity index (χ0) is 20.1. The van der Waals surface area contributed by atoms with Gasteiger partial charge in [0.25, 0.3) is 0 Å². The maximum absolute atomic E-state index is 12.1. The SMILES string of the molecule is COc1cc2nccc(Oc3ccc(NC(=O)NCCF)c(C)c3)c2cc1C. The van der Waals surface area contributed by atoms with Crippen molar-refractivity contribution in [3.05, 3.63) is 53.7 Å². The minimum Gasteiger partial charge on any atom is -0.496 e. The van der Waals surface area contributed by atoms with Crippen LogP contribution in [0.4, 0.5) is 14.9 Å². The number of amides is 2. The van der Waals surface area contributed by atoms with E-state index < -0.39 is 12.7 Å². The minimum atomic E-state index is -0.607. The van der Waals surface area contributed by atoms with Crippen LogP contribution in [0.15, 0.2) is 42.6 Å². The third-order valence-corrected chi connectivity index (χ3v) is 4.27. The lowest BCUT2D eigenvalue weighted by Crippen LogP contribution is -2.30. The Morgan fingerprint density at radius 1 is 1.11 bits per heavy atom. The monoisotopic (exact) mass is 383 g/mol. The summed E-state index contributed by atoms with van der Waals surface area (Å²) in [5.41, 5.74) is 3.22. The molecule has 7 heteroatoms. The predicted molar refractivity (Wildman–Crippen MR) is 107 cm³/mol. The summed E-state index contributed by atoms with van der Waals surface area (Å²) >= 11 is 0. The number of fused-ring (bicyclic) bond motifs is 1. The van der Waals surface area contributed by atoms with Gasteiger partial charge < -0.3 is 20.1 Å². The molecule has 0 aliphatic carbocycles. The molecule has 0 aliphatic rings. The van der Waals surface area contributed by atoms with Gasteiger partial charge in [-0.3, -0.25) is 4.98 Å². The van der Waals surface area contributed by atoms with E-state index in [1.165, 1.54) is 0 Å². The lowest BCUT2D eigenvalue weighted by atomic mass is 10.1. The zero-order valence-corrected chi connectivity index (χ0v) is 16.0. The second kappa shape index (κ2) is 8.56. The Bertz CT molecular complexity index is 1010. The van der Waals surface area contributed by atoms with Crippen molar-refractivity contribution in [3.63, 3.8) is 0 Å². The van der Waals surface area contributed by atoms with Gasteiger partial charge in [0.2, 0.25) is 0 Å². The van der Waals surface area contributed by atoms with Gasteiger partial charge in [-0.2, -0.15) is 0 Å². The number of halogens is 1. The maximum Gasteiger partial charge on any atom is 0.319 e. The van der Waals surface area contributed by atoms with Crippen LogP contribution in [0.2, 0.25) is 0 Å². The number of benzene rings is 2. The number of nitrogens with one attached hydrogen (secondary N) is 2. The molecule has 3 rings (SSSR count). The van der Waals surface area contributed by atoms with Gasteiger partial charge in [0.15, 0.2) is 0 Å². The second-order valence-electron chi connectivity index (χ2n) is 6.30. The van der Waals surface area contributed by atoms with E-state index in [1.807, 2.05) is 32.0 Å². The molecule has 2 amide bonds. The molecule has 146 valence electrons. The Labute approximate surface area is 162 Å². The van der Waals surface area contributed by atoms with Crippen molar-refractivity contribution < 1.29 is 18.7 Å². The Morgan fingerprint density at radius 3 is 2.64 bits per heavy atom. The fraction of sp³-hybridized carbons (Fsp3) is 0.238. The normalized spacial score (nSPS) is 10.6. The van der Waals surface area contributed by atoms with Gasteiger partial charge in [-0.15, -0.1) is 0 Å². The molecule has 0 fully saturated rings. The van der Waals surface area contributed by atoms with Gasteiger partial charge in [-0.1, -0.05) is 0 Å². The van der Waals surface area contributed by atoms with Gasteiger partial charge in [0, 0.05) is 29.9 Å². The van der Waals surface area contributed by atoms with Crippen LogP contribution in [0.5, 0.6) is 17.2 Å². The highest BCUT2D eigenvalue weighted by atomic mass is 19.1. The first kappa shape index (κ1) is 19.4. The van der Waals surface area contributed by atoms with Crippen LogP contribution < -0.4 is 20.1 Å². The summed E-state index contributed by atoms with van der Waals surface area (Å²) in [4.78, 5) is 16.1. The molecule has 0 bridgehead atoms. The summed E-state index contributed by atoms with van der Waals surface area (Å²) in [6.07, 6.45) is 1.68. The molecule has 2 N–H and O–H groups in total. The van der Waals surface area contributed by atoms with E-state index in [0.29, 0.717) is 17.2 Å². The number of methoxy groups -OCH3 is 1. The Balaban J connectivity index is 1.83. The van der Waals surface area contributed by atoms with Crippen molar-refractivity contribution >= 4 is 22.6 Å². The molecule has 3 aromatic rings. The second-order valence-corrected chi connectivity index (χ2v) is 6.30. The summed E-state index contributed by atoms with van der Waals surface area (Å²) in [6, 6.07) is 10.6. The van der Waals surface area contributed by atoms with E-state index in [2.05, 4.69) is 15.6 Å². The molecule has 0 saturated heterocycles. The first-order chi connectivity index (χ1) is 13.5. The first-order valence-corrected chi connectivity index (χ1v) is 8.84. The molecule has 1 aromatic heterocycles. The minimum absolute atomic E-state index is 0.0224. The number of anilines is 1. The van der Waals surface area contributed by atoms with Crippen molar-refractivity contribution in [2.75, 3.05) is 25.6 Å². The Morgan fingerprint density at radius 2 is 1.93 bits per heavy atom. The van der Waals surface area contributed by atoms with Crippen LogP contribution in [0.25, 0.3) is 10.9 Å². The Kier molecular flexibility index (Phi) is 5.93. The fourth-order valence-corrected chi connectivity index (χ4v) is 2.86. The van der Waals surface area contributed by atoms with E-state index in [4.69, 9.17) is 9.47 Å². The molecule has 0 saturated carbocycles. The number of rotatable bonds is 6. The Hall–Kier alpha value is -3.35. The van der Waals surface area contributed by atoms with Gasteiger partial charge in [-0.05, 0) is 55.3 Å². The molecule has 0 spiro atoms. The first-order valence-electron chi connectivity index (χ1n) is 8.84. The number of pyridine rings is 1. The number of urea groups is 1. The molecule has 2 aromatic carbocycles. The van der Waals surface area contributed by atoms with Crippen LogP contribution in [0, 0.1) is 13.8 Å². The quantitative estimate of drug-likeness (QED) is 0.645. The van der Waals surface area contributed by atoms with E-state index in [0.717, 1.165) is 27.8 Å². The van der Waals surface area contributed by atoms with Gasteiger partial charge >= 0.3 is 6.03 Å². The standard InChI is InChI=1S/C21H22FN3O3/c1-13-10-15(4-5-17(13)25-21(26)24-9-7-22)28-19-6-8-23-18-12-20(27-3)14(2)11-16(18)19/h4-6,8,10-12H,7,9H2,1-3H3,(H2,24,25,26). The summed E-state index contributed by atoms with van der Waals surface area (Å²) in [5.74, 6) is 2.08. The van der Waals surface area contributed by atoms with Gasteiger partial charge in [0.1, 0.15) is 23.9 Å². The summed E-state index contributed by atoms with van der Waals surface area (Å²) in [5, 5.41) is 5.99. The van der Waals surface area contributed by atoms with Crippen LogP contribution >= 0.6 is 0 Å². The summed E-state index contributed by atoms with van der Waals surface area (Å²) in [6.45, 7) is 3.20. The number of aryl methyl sites for hydroxylation is 2. The van der Waals surface area contributed by atoms with Crippen LogP contribution in [0.3, 0.4) is 0 Å². The molecule has 0 aliphatic heterocycles. The zero-order valence-electron chi connectivity index (χ0n) is 16.0. The molecule has 0 radical (unpaired) electrons. The smallest absolute Gasteiger partial charge is 0.319 e. The highest BCUT2D eigenvalue weighted by Crippen LogP contribution is 2.33. The van der Waals surface area contributed by atoms with Crippen molar-refractivity contribution in [1.29, 1.82) is 0 Å². The molecule has 1 heterocycles. The molecule has 0 unspecified atom stereocenters. The lowest BCUT2D eigenvalue weighted by molar-refractivity contribution is 0.251. The number of carbonyl (C=O) groups is 1. The number of carbonyl (C=O) groups excluding carboxylic acids is 1. The van der Waals surface area contributed by atoms with Crippen molar-refractivity contribution in [2.24, 2.45) is 0 Å². The van der Waals surface area contributed by atoms with Crippen LogP contribution in [-0.2, 0) is 0 Å². The topological polar surface area (TPSA) is 72.5 Å². The predicted octanol–water partition coefficient (Wildman–Crippen LogP) is 4.74. The number of alkyl halides is 1. The van der Waals surface area contributed by atoms with Crippen molar-refractivity contribution in [2.45, 2.75) is 13.8 Å². The van der Waals surface area contributed by atoms with Crippen molar-refractivity contribution in [1.82, 2.24) is 10.3 Å². The van der Waals surface area contributed by atoms with E-state index in [1.54, 1.807) is 31.5 Å². The highest BCUT2D eigenvalue weighted by molar-refractivity contribution is 5.90. The summed E-state index contributed by atoms with van der Waals surface area (Å²) < 4.78 is 23.6. The highest BCUT2D eigenvalue weighted by Gasteiger charge is 2.10. The third kappa shape index (κ3) is 4.31. The number of hydrogen-bond donors (Lipinski definition) is 2. The van der Waals surface area contributed by atoms with Crippen LogP contribution in [0.1, 0.15) is 11.1 Å². The average Bonchev–Trinajstić information content (AvgIpc) is 2.68. The van der Waals surface area contributed by atoms with Gasteiger partial charge in [0.05, 0.1) is 12.6 Å². The average molecular weight is 383 g/mol. The van der Waals surface area contributed by atoms with E-state index in [9.17, 15) is 9.18 Å². The molecule has 0 atom stereocenters. The van der Waals surface area contributed by atoms with E-state index >= 15 is 0 Å². The molecular weight excluding hydrogens is 361 g/mol. The fourth-order valence-electron chi connectivity index (χ4n) is 2.86. The lowest BCUT2D eigenvalue weighted by Gasteiger charge is -2.13. The molecule has 28 heavy (non-hydrogen) atoms. The third-order valence-electron chi connectivity index (χ3n) is 4.27. The van der Waals surface area contributed by atoms with Crippen LogP contribution in [-0.4, -0.2) is 31.3 Å². The molecule has 6 nitrogen and oxygen atoms in total.